The molecule has 0 saturated carbocycles. The molecule has 0 aromatic carbocycles. The van der Waals surface area contributed by atoms with E-state index in [0.29, 0.717) is 26.2 Å². The van der Waals surface area contributed by atoms with Crippen LogP contribution in [0.25, 0.3) is 0 Å². The summed E-state index contributed by atoms with van der Waals surface area (Å²) < 4.78 is 14.9. The summed E-state index contributed by atoms with van der Waals surface area (Å²) in [5, 5.41) is 9.08. The molecule has 0 aromatic rings. The first-order chi connectivity index (χ1) is 7.60. The molecule has 0 radical (unpaired) electrons. The summed E-state index contributed by atoms with van der Waals surface area (Å²) in [6.07, 6.45) is 0.548. The van der Waals surface area contributed by atoms with Crippen LogP contribution in [0.5, 0.6) is 0 Å². The predicted octanol–water partition coefficient (Wildman–Crippen LogP) is 1.24. The maximum atomic E-state index is 11.6. The lowest BCUT2D eigenvalue weighted by Crippen LogP contribution is -2.33. The number of methoxy groups -OCH3 is 1. The van der Waals surface area contributed by atoms with Crippen molar-refractivity contribution in [3.8, 4) is 0 Å². The van der Waals surface area contributed by atoms with Crippen LogP contribution in [-0.4, -0.2) is 51.2 Å². The van der Waals surface area contributed by atoms with Crippen molar-refractivity contribution < 1.29 is 24.1 Å². The maximum absolute atomic E-state index is 11.6. The number of aliphatic hydroxyl groups excluding tert-OH is 1. The molecule has 0 spiro atoms. The van der Waals surface area contributed by atoms with Crippen LogP contribution >= 0.6 is 0 Å². The van der Waals surface area contributed by atoms with Crippen molar-refractivity contribution in [1.82, 2.24) is 0 Å². The Bertz CT molecular complexity index is 189. The van der Waals surface area contributed by atoms with E-state index in [0.717, 1.165) is 0 Å². The Labute approximate surface area is 104 Å². The van der Waals surface area contributed by atoms with Crippen molar-refractivity contribution in [3.05, 3.63) is 0 Å². The number of hydrogen-bond donors (Lipinski definition) is 1. The molecule has 1 unspecified atom stereocenters. The maximum Gasteiger partial charge on any atom is 0.314 e. The zero-order chi connectivity index (χ0) is 12.4. The highest BCUT2D eigenvalue weighted by molar-refractivity contribution is 5.76. The molecule has 5 heteroatoms. The van der Waals surface area contributed by atoms with Crippen LogP contribution in [-0.2, 0) is 19.0 Å². The van der Waals surface area contributed by atoms with Crippen LogP contribution in [0.1, 0.15) is 27.7 Å². The van der Waals surface area contributed by atoms with Gasteiger partial charge in [-0.05, 0) is 13.3 Å². The number of aliphatic hydroxyl groups is 1. The Morgan fingerprint density at radius 3 is 2.29 bits per heavy atom. The average Bonchev–Trinajstić information content (AvgIpc) is 2.32. The third-order valence-electron chi connectivity index (χ3n) is 2.51. The summed E-state index contributed by atoms with van der Waals surface area (Å²) in [7, 11) is 1.59. The van der Waals surface area contributed by atoms with E-state index >= 15 is 0 Å². The van der Waals surface area contributed by atoms with Gasteiger partial charge in [0.15, 0.2) is 0 Å². The molecule has 0 aliphatic rings. The molecule has 0 aromatic heterocycles. The van der Waals surface area contributed by atoms with Gasteiger partial charge >= 0.3 is 5.97 Å². The number of esters is 1. The lowest BCUT2D eigenvalue weighted by molar-refractivity contribution is -0.159. The molecule has 5 nitrogen and oxygen atoms in total. The largest absolute Gasteiger partial charge is 0.463 e. The van der Waals surface area contributed by atoms with Crippen molar-refractivity contribution in [2.75, 3.05) is 40.1 Å². The third kappa shape index (κ3) is 7.31. The zero-order valence-electron chi connectivity index (χ0n) is 10.3. The molecule has 0 saturated heterocycles. The van der Waals surface area contributed by atoms with E-state index in [1.807, 2.05) is 6.92 Å². The second kappa shape index (κ2) is 10.5. The fraction of sp³-hybridized carbons (Fsp3) is 0.917. The molecule has 0 aliphatic heterocycles. The highest BCUT2D eigenvalue weighted by Crippen LogP contribution is 2.21. The first-order valence-electron chi connectivity index (χ1n) is 5.45. The topological polar surface area (TPSA) is 65.0 Å². The highest BCUT2D eigenvalue weighted by Gasteiger charge is 2.32. The van der Waals surface area contributed by atoms with Crippen LogP contribution in [0, 0.1) is 5.41 Å². The molecule has 0 heterocycles. The molecule has 0 fully saturated rings. The molecule has 1 atom stereocenters. The summed E-state index contributed by atoms with van der Waals surface area (Å²) in [4.78, 5) is 11.6. The first-order valence-corrected chi connectivity index (χ1v) is 5.45. The van der Waals surface area contributed by atoms with E-state index in [4.69, 9.17) is 19.3 Å². The monoisotopic (exact) mass is 250 g/mol. The minimum atomic E-state index is -0.799. The molecule has 104 valence electrons. The van der Waals surface area contributed by atoms with Gasteiger partial charge < -0.3 is 19.3 Å². The molecule has 0 amide bonds. The summed E-state index contributed by atoms with van der Waals surface area (Å²) in [5.74, 6) is -0.382. The zero-order valence-corrected chi connectivity index (χ0v) is 10.3. The second-order valence-corrected chi connectivity index (χ2v) is 3.81. The van der Waals surface area contributed by atoms with Gasteiger partial charge in [-0.15, -0.1) is 0 Å². The van der Waals surface area contributed by atoms with Gasteiger partial charge in [0.1, 0.15) is 6.61 Å². The van der Waals surface area contributed by atoms with Crippen molar-refractivity contribution in [2.24, 2.45) is 5.41 Å². The molecule has 0 bridgehead atoms. The van der Waals surface area contributed by atoms with Gasteiger partial charge in [-0.1, -0.05) is 14.4 Å². The minimum Gasteiger partial charge on any atom is -0.463 e. The molecule has 17 heavy (non-hydrogen) atoms. The fourth-order valence-corrected chi connectivity index (χ4v) is 0.933. The lowest BCUT2D eigenvalue weighted by Gasteiger charge is -2.22. The van der Waals surface area contributed by atoms with Crippen molar-refractivity contribution >= 4 is 5.97 Å². The van der Waals surface area contributed by atoms with E-state index < -0.39 is 5.41 Å². The van der Waals surface area contributed by atoms with Crippen LogP contribution in [0.2, 0.25) is 0 Å². The fourth-order valence-electron chi connectivity index (χ4n) is 0.933. The second-order valence-electron chi connectivity index (χ2n) is 3.81. The van der Waals surface area contributed by atoms with Gasteiger partial charge in [-0.2, -0.15) is 0 Å². The Morgan fingerprint density at radius 2 is 1.82 bits per heavy atom. The van der Waals surface area contributed by atoms with Crippen molar-refractivity contribution in [1.29, 1.82) is 0 Å². The SMILES string of the molecule is C.CCC(C)(CO)C(=O)OCCOCCOC. The standard InChI is InChI=1S/C11H22O5.CH4/c1-4-11(2,9-12)10(13)16-8-7-15-6-5-14-3;/h12H,4-9H2,1-3H3;1H4. The minimum absolute atomic E-state index is 0. The number of carbonyl (C=O) groups is 1. The highest BCUT2D eigenvalue weighted by atomic mass is 16.6. The van der Waals surface area contributed by atoms with Crippen LogP contribution < -0.4 is 0 Å². The van der Waals surface area contributed by atoms with E-state index in [9.17, 15) is 4.79 Å². The van der Waals surface area contributed by atoms with Crippen molar-refractivity contribution in [2.45, 2.75) is 27.7 Å². The third-order valence-corrected chi connectivity index (χ3v) is 2.51. The Morgan fingerprint density at radius 1 is 1.24 bits per heavy atom. The van der Waals surface area contributed by atoms with Gasteiger partial charge in [0.05, 0.1) is 31.8 Å². The Balaban J connectivity index is 0. The number of rotatable bonds is 9. The van der Waals surface area contributed by atoms with Gasteiger partial charge in [-0.3, -0.25) is 4.79 Å². The molecule has 0 rings (SSSR count). The quantitative estimate of drug-likeness (QED) is 0.492. The summed E-state index contributed by atoms with van der Waals surface area (Å²) in [6, 6.07) is 0. The average molecular weight is 250 g/mol. The summed E-state index contributed by atoms with van der Waals surface area (Å²) in [5.41, 5.74) is -0.799. The smallest absolute Gasteiger partial charge is 0.314 e. The van der Waals surface area contributed by atoms with Gasteiger partial charge in [-0.25, -0.2) is 0 Å². The van der Waals surface area contributed by atoms with Crippen LogP contribution in [0.3, 0.4) is 0 Å². The van der Waals surface area contributed by atoms with Crippen LogP contribution in [0.4, 0.5) is 0 Å². The van der Waals surface area contributed by atoms with E-state index in [-0.39, 0.29) is 26.6 Å². The van der Waals surface area contributed by atoms with E-state index in [1.165, 1.54) is 0 Å². The Kier molecular flexibility index (Phi) is 11.6. The molecule has 0 aliphatic carbocycles. The normalized spacial score (nSPS) is 13.6. The Hall–Kier alpha value is -0.650. The number of carbonyl (C=O) groups excluding carboxylic acids is 1. The molecular formula is C12H26O5. The van der Waals surface area contributed by atoms with E-state index in [2.05, 4.69) is 0 Å². The lowest BCUT2D eigenvalue weighted by atomic mass is 9.89. The van der Waals surface area contributed by atoms with Crippen LogP contribution in [0.15, 0.2) is 0 Å². The number of hydrogen-bond acceptors (Lipinski definition) is 5. The molecular weight excluding hydrogens is 224 g/mol. The molecule has 1 N–H and O–H groups in total. The number of ether oxygens (including phenoxy) is 3. The predicted molar refractivity (Wildman–Crippen MR) is 65.9 cm³/mol. The van der Waals surface area contributed by atoms with Crippen molar-refractivity contribution in [3.63, 3.8) is 0 Å². The van der Waals surface area contributed by atoms with Gasteiger partial charge in [0.2, 0.25) is 0 Å². The first kappa shape index (κ1) is 18.7. The summed E-state index contributed by atoms with van der Waals surface area (Å²) in [6.45, 7) is 4.88. The van der Waals surface area contributed by atoms with E-state index in [1.54, 1.807) is 14.0 Å². The van der Waals surface area contributed by atoms with Gasteiger partial charge in [0.25, 0.3) is 0 Å². The van der Waals surface area contributed by atoms with Gasteiger partial charge in [0, 0.05) is 7.11 Å². The summed E-state index contributed by atoms with van der Waals surface area (Å²) >= 11 is 0.